The number of rotatable bonds is 4. The van der Waals surface area contributed by atoms with Crippen LogP contribution in [-0.4, -0.2) is 29.1 Å². The Kier molecular flexibility index (Phi) is 4.25. The van der Waals surface area contributed by atoms with Crippen molar-refractivity contribution in [2.24, 2.45) is 11.8 Å². The van der Waals surface area contributed by atoms with Crippen molar-refractivity contribution in [2.75, 3.05) is 13.1 Å². The molecule has 0 aliphatic carbocycles. The maximum absolute atomic E-state index is 11.1. The van der Waals surface area contributed by atoms with Crippen molar-refractivity contribution in [1.29, 1.82) is 0 Å². The molecule has 104 valence electrons. The van der Waals surface area contributed by atoms with Gasteiger partial charge in [0.25, 0.3) is 0 Å². The molecule has 0 saturated carbocycles. The summed E-state index contributed by atoms with van der Waals surface area (Å²) in [5.41, 5.74) is 2.62. The molecule has 1 aliphatic heterocycles. The molecule has 1 aromatic rings. The van der Waals surface area contributed by atoms with E-state index in [1.54, 1.807) is 0 Å². The summed E-state index contributed by atoms with van der Waals surface area (Å²) in [6.07, 6.45) is 0. The van der Waals surface area contributed by atoms with Crippen molar-refractivity contribution in [3.63, 3.8) is 0 Å². The van der Waals surface area contributed by atoms with Crippen LogP contribution in [-0.2, 0) is 11.3 Å². The number of carboxylic acids is 1. The number of likely N-dealkylation sites (tertiary alicyclic amines) is 1. The van der Waals surface area contributed by atoms with Gasteiger partial charge in [0.1, 0.15) is 0 Å². The van der Waals surface area contributed by atoms with Crippen LogP contribution in [0.25, 0.3) is 0 Å². The molecule has 1 saturated heterocycles. The predicted molar refractivity (Wildman–Crippen MR) is 76.1 cm³/mol. The number of carboxylic acid groups (broad SMARTS) is 1. The molecule has 0 spiro atoms. The Labute approximate surface area is 115 Å². The highest BCUT2D eigenvalue weighted by atomic mass is 16.4. The van der Waals surface area contributed by atoms with Crippen molar-refractivity contribution in [3.8, 4) is 0 Å². The first-order chi connectivity index (χ1) is 8.97. The van der Waals surface area contributed by atoms with Gasteiger partial charge in [0, 0.05) is 19.6 Å². The molecule has 1 heterocycles. The zero-order valence-corrected chi connectivity index (χ0v) is 12.0. The van der Waals surface area contributed by atoms with Crippen molar-refractivity contribution in [1.82, 2.24) is 4.90 Å². The summed E-state index contributed by atoms with van der Waals surface area (Å²) in [7, 11) is 0. The van der Waals surface area contributed by atoms with Gasteiger partial charge < -0.3 is 5.11 Å². The van der Waals surface area contributed by atoms with Gasteiger partial charge in [-0.25, -0.2) is 0 Å². The fourth-order valence-corrected chi connectivity index (χ4v) is 2.78. The SMILES string of the molecule is CC(C)c1ccc(CN2C[C@@H](C)[C@H](C(=O)O)C2)cc1. The van der Waals surface area contributed by atoms with E-state index in [-0.39, 0.29) is 11.8 Å². The summed E-state index contributed by atoms with van der Waals surface area (Å²) in [5, 5.41) is 9.14. The molecule has 2 atom stereocenters. The lowest BCUT2D eigenvalue weighted by atomic mass is 9.99. The summed E-state index contributed by atoms with van der Waals surface area (Å²) in [5.74, 6) is -0.0789. The quantitative estimate of drug-likeness (QED) is 0.906. The van der Waals surface area contributed by atoms with Gasteiger partial charge in [-0.1, -0.05) is 45.0 Å². The Morgan fingerprint density at radius 2 is 1.95 bits per heavy atom. The van der Waals surface area contributed by atoms with Crippen LogP contribution in [0.3, 0.4) is 0 Å². The van der Waals surface area contributed by atoms with Crippen molar-refractivity contribution in [2.45, 2.75) is 33.2 Å². The lowest BCUT2D eigenvalue weighted by molar-refractivity contribution is -0.142. The van der Waals surface area contributed by atoms with Crippen molar-refractivity contribution < 1.29 is 9.90 Å². The minimum absolute atomic E-state index is 0.213. The van der Waals surface area contributed by atoms with Crippen LogP contribution in [0.5, 0.6) is 0 Å². The van der Waals surface area contributed by atoms with Crippen molar-refractivity contribution >= 4 is 5.97 Å². The predicted octanol–water partition coefficient (Wildman–Crippen LogP) is 2.96. The molecule has 0 aromatic heterocycles. The third kappa shape index (κ3) is 3.35. The van der Waals surface area contributed by atoms with Gasteiger partial charge in [0.15, 0.2) is 0 Å². The molecular weight excluding hydrogens is 238 g/mol. The second-order valence-corrected chi connectivity index (χ2v) is 6.01. The van der Waals surface area contributed by atoms with E-state index in [1.165, 1.54) is 11.1 Å². The van der Waals surface area contributed by atoms with Gasteiger partial charge in [-0.05, 0) is 23.0 Å². The van der Waals surface area contributed by atoms with E-state index < -0.39 is 5.97 Å². The first kappa shape index (κ1) is 14.1. The highest BCUT2D eigenvalue weighted by Gasteiger charge is 2.34. The molecule has 3 heteroatoms. The molecule has 0 bridgehead atoms. The van der Waals surface area contributed by atoms with E-state index in [4.69, 9.17) is 5.11 Å². The van der Waals surface area contributed by atoms with E-state index >= 15 is 0 Å². The largest absolute Gasteiger partial charge is 0.481 e. The average Bonchev–Trinajstić information content (AvgIpc) is 2.71. The molecule has 0 amide bonds. The number of nitrogens with zero attached hydrogens (tertiary/aromatic N) is 1. The molecule has 1 fully saturated rings. The Bertz CT molecular complexity index is 439. The molecule has 19 heavy (non-hydrogen) atoms. The first-order valence-electron chi connectivity index (χ1n) is 7.01. The lowest BCUT2D eigenvalue weighted by Gasteiger charge is -2.16. The maximum Gasteiger partial charge on any atom is 0.308 e. The number of hydrogen-bond donors (Lipinski definition) is 1. The summed E-state index contributed by atoms with van der Waals surface area (Å²) in [4.78, 5) is 13.3. The third-order valence-corrected chi connectivity index (χ3v) is 4.06. The molecule has 1 aliphatic rings. The van der Waals surface area contributed by atoms with Crippen LogP contribution >= 0.6 is 0 Å². The van der Waals surface area contributed by atoms with E-state index in [2.05, 4.69) is 43.0 Å². The van der Waals surface area contributed by atoms with Gasteiger partial charge in [0.2, 0.25) is 0 Å². The number of aliphatic carboxylic acids is 1. The zero-order chi connectivity index (χ0) is 14.0. The molecule has 1 aromatic carbocycles. The minimum Gasteiger partial charge on any atom is -0.481 e. The van der Waals surface area contributed by atoms with Gasteiger partial charge in [-0.15, -0.1) is 0 Å². The highest BCUT2D eigenvalue weighted by Crippen LogP contribution is 2.25. The van der Waals surface area contributed by atoms with Crippen LogP contribution in [0.1, 0.15) is 37.8 Å². The smallest absolute Gasteiger partial charge is 0.308 e. The monoisotopic (exact) mass is 261 g/mol. The maximum atomic E-state index is 11.1. The molecule has 1 N–H and O–H groups in total. The zero-order valence-electron chi connectivity index (χ0n) is 12.0. The third-order valence-electron chi connectivity index (χ3n) is 4.06. The van der Waals surface area contributed by atoms with Gasteiger partial charge in [0.05, 0.1) is 5.92 Å². The second kappa shape index (κ2) is 5.74. The van der Waals surface area contributed by atoms with Crippen LogP contribution in [0.15, 0.2) is 24.3 Å². The summed E-state index contributed by atoms with van der Waals surface area (Å²) >= 11 is 0. The fourth-order valence-electron chi connectivity index (χ4n) is 2.78. The standard InChI is InChI=1S/C16H23NO2/c1-11(2)14-6-4-13(5-7-14)9-17-8-12(3)15(10-17)16(18)19/h4-7,11-12,15H,8-10H2,1-3H3,(H,18,19)/t12-,15-/m1/s1. The summed E-state index contributed by atoms with van der Waals surface area (Å²) < 4.78 is 0. The Morgan fingerprint density at radius 1 is 1.32 bits per heavy atom. The Balaban J connectivity index is 1.97. The van der Waals surface area contributed by atoms with E-state index in [0.717, 1.165) is 13.1 Å². The van der Waals surface area contributed by atoms with Gasteiger partial charge in [-0.2, -0.15) is 0 Å². The van der Waals surface area contributed by atoms with Crippen LogP contribution < -0.4 is 0 Å². The number of hydrogen-bond acceptors (Lipinski definition) is 2. The summed E-state index contributed by atoms with van der Waals surface area (Å²) in [6.45, 7) is 8.81. The molecule has 3 nitrogen and oxygen atoms in total. The molecule has 0 radical (unpaired) electrons. The van der Waals surface area contributed by atoms with Crippen LogP contribution in [0, 0.1) is 11.8 Å². The topological polar surface area (TPSA) is 40.5 Å². The number of benzene rings is 1. The second-order valence-electron chi connectivity index (χ2n) is 6.01. The van der Waals surface area contributed by atoms with E-state index in [9.17, 15) is 4.79 Å². The van der Waals surface area contributed by atoms with E-state index in [1.807, 2.05) is 6.92 Å². The van der Waals surface area contributed by atoms with E-state index in [0.29, 0.717) is 12.5 Å². The first-order valence-corrected chi connectivity index (χ1v) is 7.01. The summed E-state index contributed by atoms with van der Waals surface area (Å²) in [6, 6.07) is 8.67. The normalized spacial score (nSPS) is 24.0. The Morgan fingerprint density at radius 3 is 2.42 bits per heavy atom. The average molecular weight is 261 g/mol. The van der Waals surface area contributed by atoms with Crippen LogP contribution in [0.2, 0.25) is 0 Å². The lowest BCUT2D eigenvalue weighted by Crippen LogP contribution is -2.23. The van der Waals surface area contributed by atoms with Gasteiger partial charge in [-0.3, -0.25) is 9.69 Å². The highest BCUT2D eigenvalue weighted by molar-refractivity contribution is 5.71. The fraction of sp³-hybridized carbons (Fsp3) is 0.562. The number of carbonyl (C=O) groups is 1. The molecular formula is C16H23NO2. The van der Waals surface area contributed by atoms with Gasteiger partial charge >= 0.3 is 5.97 Å². The Hall–Kier alpha value is -1.35. The van der Waals surface area contributed by atoms with Crippen LogP contribution in [0.4, 0.5) is 0 Å². The van der Waals surface area contributed by atoms with Crippen molar-refractivity contribution in [3.05, 3.63) is 35.4 Å². The minimum atomic E-state index is -0.662. The molecule has 0 unspecified atom stereocenters. The molecule has 2 rings (SSSR count).